The molecule has 1 unspecified atom stereocenters. The van der Waals surface area contributed by atoms with Gasteiger partial charge in [-0.1, -0.05) is 0 Å². The number of nitrogen functional groups attached to an aromatic ring is 1. The molecule has 0 fully saturated rings. The van der Waals surface area contributed by atoms with E-state index < -0.39 is 0 Å². The van der Waals surface area contributed by atoms with Gasteiger partial charge in [0.15, 0.2) is 0 Å². The third kappa shape index (κ3) is 2.29. The molecule has 0 aliphatic heterocycles. The van der Waals surface area contributed by atoms with Gasteiger partial charge in [0, 0.05) is 18.2 Å². The highest BCUT2D eigenvalue weighted by atomic mass is 16.3. The van der Waals surface area contributed by atoms with Crippen LogP contribution in [0.3, 0.4) is 0 Å². The topological polar surface area (TPSA) is 57.0 Å². The Bertz CT molecular complexity index is 713. The van der Waals surface area contributed by atoms with Crippen molar-refractivity contribution in [1.29, 1.82) is 0 Å². The number of hydrogen-bond donors (Lipinski definition) is 1. The van der Waals surface area contributed by atoms with Gasteiger partial charge in [-0.25, -0.2) is 4.98 Å². The molecular weight excluding hydrogens is 250 g/mol. The first-order valence-corrected chi connectivity index (χ1v) is 6.91. The van der Waals surface area contributed by atoms with Gasteiger partial charge >= 0.3 is 0 Å². The second-order valence-electron chi connectivity index (χ2n) is 5.24. The van der Waals surface area contributed by atoms with Crippen LogP contribution >= 0.6 is 0 Å². The number of benzene rings is 1. The van der Waals surface area contributed by atoms with Crippen LogP contribution in [-0.4, -0.2) is 9.55 Å². The summed E-state index contributed by atoms with van der Waals surface area (Å²) in [6.45, 7) is 4.26. The largest absolute Gasteiger partial charge is 0.469 e. The summed E-state index contributed by atoms with van der Waals surface area (Å²) in [5.41, 5.74) is 8.68. The first-order chi connectivity index (χ1) is 9.65. The fourth-order valence-electron chi connectivity index (χ4n) is 2.73. The van der Waals surface area contributed by atoms with Gasteiger partial charge in [-0.05, 0) is 50.6 Å². The summed E-state index contributed by atoms with van der Waals surface area (Å²) in [5, 5.41) is 0. The van der Waals surface area contributed by atoms with Gasteiger partial charge < -0.3 is 14.7 Å². The number of furan rings is 1. The van der Waals surface area contributed by atoms with Gasteiger partial charge in [0.2, 0.25) is 0 Å². The maximum atomic E-state index is 5.82. The molecule has 1 atom stereocenters. The Labute approximate surface area is 118 Å². The molecule has 0 bridgehead atoms. The summed E-state index contributed by atoms with van der Waals surface area (Å²) in [4.78, 5) is 4.60. The monoisotopic (exact) mass is 269 g/mol. The molecule has 2 N–H and O–H groups in total. The van der Waals surface area contributed by atoms with E-state index in [0.29, 0.717) is 6.04 Å². The van der Waals surface area contributed by atoms with Gasteiger partial charge in [0.25, 0.3) is 0 Å². The van der Waals surface area contributed by atoms with E-state index in [1.54, 1.807) is 6.26 Å². The molecule has 0 amide bonds. The Morgan fingerprint density at radius 1 is 1.35 bits per heavy atom. The van der Waals surface area contributed by atoms with E-state index >= 15 is 0 Å². The predicted octanol–water partition coefficient (Wildman–Crippen LogP) is 3.71. The fraction of sp³-hybridized carbons (Fsp3) is 0.312. The average Bonchev–Trinajstić information content (AvgIpc) is 3.02. The van der Waals surface area contributed by atoms with Crippen molar-refractivity contribution in [3.8, 4) is 0 Å². The number of imidazole rings is 1. The number of aromatic nitrogens is 2. The first-order valence-electron chi connectivity index (χ1n) is 6.91. The number of aryl methyl sites for hydroxylation is 2. The molecule has 0 radical (unpaired) electrons. The summed E-state index contributed by atoms with van der Waals surface area (Å²) < 4.78 is 7.67. The van der Waals surface area contributed by atoms with Crippen molar-refractivity contribution >= 4 is 16.7 Å². The molecule has 2 heterocycles. The molecule has 1 aromatic carbocycles. The number of fused-ring (bicyclic) bond motifs is 1. The van der Waals surface area contributed by atoms with Crippen LogP contribution in [0, 0.1) is 6.92 Å². The molecule has 0 saturated carbocycles. The smallest absolute Gasteiger partial charge is 0.106 e. The van der Waals surface area contributed by atoms with Crippen LogP contribution in [0.25, 0.3) is 11.0 Å². The van der Waals surface area contributed by atoms with Gasteiger partial charge in [0.1, 0.15) is 11.6 Å². The van der Waals surface area contributed by atoms with Crippen LogP contribution in [-0.2, 0) is 6.42 Å². The van der Waals surface area contributed by atoms with Crippen molar-refractivity contribution < 1.29 is 4.42 Å². The van der Waals surface area contributed by atoms with Crippen LogP contribution in [0.5, 0.6) is 0 Å². The Balaban J connectivity index is 1.87. The molecule has 4 nitrogen and oxygen atoms in total. The third-order valence-corrected chi connectivity index (χ3v) is 3.72. The van der Waals surface area contributed by atoms with E-state index in [0.717, 1.165) is 41.1 Å². The van der Waals surface area contributed by atoms with Crippen molar-refractivity contribution in [3.63, 3.8) is 0 Å². The SMILES string of the molecule is Cc1nc2cc(N)ccc2n1C(C)CCc1ccco1. The van der Waals surface area contributed by atoms with Gasteiger partial charge in [-0.3, -0.25) is 0 Å². The second-order valence-corrected chi connectivity index (χ2v) is 5.24. The summed E-state index contributed by atoms with van der Waals surface area (Å²) in [6, 6.07) is 10.2. The molecule has 0 aliphatic rings. The zero-order valence-electron chi connectivity index (χ0n) is 11.8. The normalized spacial score (nSPS) is 12.9. The van der Waals surface area contributed by atoms with E-state index in [9.17, 15) is 0 Å². The quantitative estimate of drug-likeness (QED) is 0.734. The van der Waals surface area contributed by atoms with Crippen molar-refractivity contribution in [2.24, 2.45) is 0 Å². The average molecular weight is 269 g/mol. The summed E-state index contributed by atoms with van der Waals surface area (Å²) in [5.74, 6) is 2.06. The number of anilines is 1. The van der Waals surface area contributed by atoms with Crippen molar-refractivity contribution in [2.75, 3.05) is 5.73 Å². The molecular formula is C16H19N3O. The molecule has 104 valence electrons. The van der Waals surface area contributed by atoms with Gasteiger partial charge in [-0.2, -0.15) is 0 Å². The lowest BCUT2D eigenvalue weighted by atomic mass is 10.1. The number of rotatable bonds is 4. The lowest BCUT2D eigenvalue weighted by Crippen LogP contribution is -2.08. The molecule has 2 aromatic heterocycles. The van der Waals surface area contributed by atoms with Crippen LogP contribution < -0.4 is 5.73 Å². The Kier molecular flexibility index (Phi) is 3.22. The number of nitrogens with zero attached hydrogens (tertiary/aromatic N) is 2. The lowest BCUT2D eigenvalue weighted by molar-refractivity contribution is 0.453. The summed E-state index contributed by atoms with van der Waals surface area (Å²) >= 11 is 0. The highest BCUT2D eigenvalue weighted by Gasteiger charge is 2.13. The Morgan fingerprint density at radius 2 is 2.20 bits per heavy atom. The fourth-order valence-corrected chi connectivity index (χ4v) is 2.73. The van der Waals surface area contributed by atoms with Gasteiger partial charge in [0.05, 0.1) is 17.3 Å². The number of hydrogen-bond acceptors (Lipinski definition) is 3. The van der Waals surface area contributed by atoms with E-state index in [1.807, 2.05) is 37.3 Å². The third-order valence-electron chi connectivity index (χ3n) is 3.72. The van der Waals surface area contributed by atoms with Crippen molar-refractivity contribution in [2.45, 2.75) is 32.7 Å². The van der Waals surface area contributed by atoms with E-state index in [4.69, 9.17) is 10.2 Å². The van der Waals surface area contributed by atoms with Crippen molar-refractivity contribution in [1.82, 2.24) is 9.55 Å². The predicted molar refractivity (Wildman–Crippen MR) is 80.6 cm³/mol. The number of nitrogens with two attached hydrogens (primary N) is 1. The highest BCUT2D eigenvalue weighted by Crippen LogP contribution is 2.25. The Morgan fingerprint density at radius 3 is 2.95 bits per heavy atom. The minimum absolute atomic E-state index is 0.369. The zero-order chi connectivity index (χ0) is 14.1. The standard InChI is InChI=1S/C16H19N3O/c1-11(5-7-14-4-3-9-20-14)19-12(2)18-15-10-13(17)6-8-16(15)19/h3-4,6,8-11H,5,7,17H2,1-2H3. The molecule has 20 heavy (non-hydrogen) atoms. The first kappa shape index (κ1) is 12.8. The maximum absolute atomic E-state index is 5.82. The van der Waals surface area contributed by atoms with Crippen molar-refractivity contribution in [3.05, 3.63) is 48.2 Å². The van der Waals surface area contributed by atoms with Crippen LogP contribution in [0.2, 0.25) is 0 Å². The van der Waals surface area contributed by atoms with E-state index in [2.05, 4.69) is 16.5 Å². The maximum Gasteiger partial charge on any atom is 0.106 e. The van der Waals surface area contributed by atoms with E-state index in [-0.39, 0.29) is 0 Å². The molecule has 4 heteroatoms. The Hall–Kier alpha value is -2.23. The van der Waals surface area contributed by atoms with Crippen LogP contribution in [0.4, 0.5) is 5.69 Å². The van der Waals surface area contributed by atoms with Crippen LogP contribution in [0.1, 0.15) is 31.0 Å². The van der Waals surface area contributed by atoms with E-state index in [1.165, 1.54) is 0 Å². The lowest BCUT2D eigenvalue weighted by Gasteiger charge is -2.16. The molecule has 0 aliphatic carbocycles. The summed E-state index contributed by atoms with van der Waals surface area (Å²) in [6.07, 6.45) is 3.67. The van der Waals surface area contributed by atoms with Gasteiger partial charge in [-0.15, -0.1) is 0 Å². The molecule has 3 aromatic rings. The zero-order valence-corrected chi connectivity index (χ0v) is 11.8. The molecule has 3 rings (SSSR count). The second kappa shape index (κ2) is 5.04. The highest BCUT2D eigenvalue weighted by molar-refractivity contribution is 5.79. The minimum atomic E-state index is 0.369. The molecule has 0 spiro atoms. The summed E-state index contributed by atoms with van der Waals surface area (Å²) in [7, 11) is 0. The molecule has 0 saturated heterocycles. The van der Waals surface area contributed by atoms with Crippen LogP contribution in [0.15, 0.2) is 41.0 Å². The minimum Gasteiger partial charge on any atom is -0.469 e.